The van der Waals surface area contributed by atoms with Crippen LogP contribution in [0.3, 0.4) is 0 Å². The number of nitrogens with zero attached hydrogens (tertiary/aromatic N) is 4. The molecule has 1 saturated heterocycles. The van der Waals surface area contributed by atoms with E-state index in [0.717, 1.165) is 30.8 Å². The van der Waals surface area contributed by atoms with Crippen molar-refractivity contribution in [1.29, 1.82) is 0 Å². The number of aromatic nitrogens is 3. The summed E-state index contributed by atoms with van der Waals surface area (Å²) in [6.45, 7) is 2.68. The molecule has 1 aliphatic rings. The SMILES string of the molecule is c1ccc(OCC2CCN(c3ncnc4ccsc34)C2)nc1. The second-order valence-corrected chi connectivity index (χ2v) is 6.33. The topological polar surface area (TPSA) is 51.1 Å². The fraction of sp³-hybridized carbons (Fsp3) is 0.312. The smallest absolute Gasteiger partial charge is 0.213 e. The molecule has 0 saturated carbocycles. The maximum Gasteiger partial charge on any atom is 0.213 e. The Morgan fingerprint density at radius 1 is 1.23 bits per heavy atom. The summed E-state index contributed by atoms with van der Waals surface area (Å²) in [5, 5.41) is 2.07. The summed E-state index contributed by atoms with van der Waals surface area (Å²) in [7, 11) is 0. The number of rotatable bonds is 4. The van der Waals surface area contributed by atoms with Crippen LogP contribution in [0.1, 0.15) is 6.42 Å². The molecular formula is C16H16N4OS. The predicted octanol–water partition coefficient (Wildman–Crippen LogP) is 2.99. The first kappa shape index (κ1) is 13.5. The van der Waals surface area contributed by atoms with Gasteiger partial charge in [0.25, 0.3) is 0 Å². The molecule has 0 spiro atoms. The molecule has 3 aromatic heterocycles. The van der Waals surface area contributed by atoms with Crippen LogP contribution >= 0.6 is 11.3 Å². The molecule has 0 amide bonds. The minimum Gasteiger partial charge on any atom is -0.477 e. The first-order chi connectivity index (χ1) is 10.9. The van der Waals surface area contributed by atoms with Gasteiger partial charge < -0.3 is 9.64 Å². The Hall–Kier alpha value is -2.21. The molecule has 112 valence electrons. The summed E-state index contributed by atoms with van der Waals surface area (Å²) in [6.07, 6.45) is 4.52. The van der Waals surface area contributed by atoms with Crippen LogP contribution in [0.5, 0.6) is 5.88 Å². The molecule has 5 nitrogen and oxygen atoms in total. The lowest BCUT2D eigenvalue weighted by Crippen LogP contribution is -2.23. The van der Waals surface area contributed by atoms with Crippen LogP contribution in [-0.4, -0.2) is 34.6 Å². The van der Waals surface area contributed by atoms with E-state index >= 15 is 0 Å². The first-order valence-corrected chi connectivity index (χ1v) is 8.25. The fourth-order valence-corrected chi connectivity index (χ4v) is 3.66. The van der Waals surface area contributed by atoms with Crippen molar-refractivity contribution in [3.05, 3.63) is 42.2 Å². The van der Waals surface area contributed by atoms with E-state index in [9.17, 15) is 0 Å². The summed E-state index contributed by atoms with van der Waals surface area (Å²) in [6, 6.07) is 7.78. The van der Waals surface area contributed by atoms with E-state index in [0.29, 0.717) is 18.4 Å². The molecule has 0 bridgehead atoms. The van der Waals surface area contributed by atoms with E-state index < -0.39 is 0 Å². The van der Waals surface area contributed by atoms with Gasteiger partial charge in [0.05, 0.1) is 16.8 Å². The molecule has 1 fully saturated rings. The third kappa shape index (κ3) is 2.62. The number of hydrogen-bond acceptors (Lipinski definition) is 6. The molecule has 3 aromatic rings. The van der Waals surface area contributed by atoms with Gasteiger partial charge in [0.15, 0.2) is 0 Å². The molecular weight excluding hydrogens is 296 g/mol. The van der Waals surface area contributed by atoms with E-state index in [2.05, 4.69) is 25.2 Å². The molecule has 0 radical (unpaired) electrons. The zero-order valence-electron chi connectivity index (χ0n) is 12.1. The molecule has 0 aromatic carbocycles. The molecule has 1 aliphatic heterocycles. The number of pyridine rings is 1. The van der Waals surface area contributed by atoms with Crippen LogP contribution in [0.4, 0.5) is 5.82 Å². The van der Waals surface area contributed by atoms with Gasteiger partial charge in [0.1, 0.15) is 12.1 Å². The van der Waals surface area contributed by atoms with E-state index in [1.807, 2.05) is 24.3 Å². The van der Waals surface area contributed by atoms with Crippen molar-refractivity contribution >= 4 is 27.4 Å². The summed E-state index contributed by atoms with van der Waals surface area (Å²) < 4.78 is 6.95. The van der Waals surface area contributed by atoms with E-state index in [4.69, 9.17) is 4.74 Å². The molecule has 1 atom stereocenters. The highest BCUT2D eigenvalue weighted by atomic mass is 32.1. The summed E-state index contributed by atoms with van der Waals surface area (Å²) in [4.78, 5) is 15.3. The minimum atomic E-state index is 0.506. The third-order valence-electron chi connectivity index (χ3n) is 3.91. The zero-order chi connectivity index (χ0) is 14.8. The first-order valence-electron chi connectivity index (χ1n) is 7.37. The Morgan fingerprint density at radius 3 is 3.14 bits per heavy atom. The van der Waals surface area contributed by atoms with Gasteiger partial charge in [-0.05, 0) is 23.9 Å². The average molecular weight is 312 g/mol. The number of ether oxygens (including phenoxy) is 1. The molecule has 6 heteroatoms. The number of hydrogen-bond donors (Lipinski definition) is 0. The maximum atomic E-state index is 5.78. The van der Waals surface area contributed by atoms with Gasteiger partial charge in [-0.15, -0.1) is 11.3 Å². The third-order valence-corrected chi connectivity index (χ3v) is 4.81. The largest absolute Gasteiger partial charge is 0.477 e. The highest BCUT2D eigenvalue weighted by molar-refractivity contribution is 7.17. The fourth-order valence-electron chi connectivity index (χ4n) is 2.80. The molecule has 0 aliphatic carbocycles. The predicted molar refractivity (Wildman–Crippen MR) is 87.5 cm³/mol. The van der Waals surface area contributed by atoms with Gasteiger partial charge in [-0.1, -0.05) is 6.07 Å². The molecule has 22 heavy (non-hydrogen) atoms. The van der Waals surface area contributed by atoms with Crippen molar-refractivity contribution in [1.82, 2.24) is 15.0 Å². The Bertz CT molecular complexity index is 761. The highest BCUT2D eigenvalue weighted by Crippen LogP contribution is 2.31. The van der Waals surface area contributed by atoms with Crippen LogP contribution in [0.15, 0.2) is 42.2 Å². The summed E-state index contributed by atoms with van der Waals surface area (Å²) >= 11 is 1.70. The molecule has 0 N–H and O–H groups in total. The molecule has 4 heterocycles. The van der Waals surface area contributed by atoms with Gasteiger partial charge in [0, 0.05) is 31.3 Å². The second-order valence-electron chi connectivity index (χ2n) is 5.41. The van der Waals surface area contributed by atoms with Crippen LogP contribution in [0.2, 0.25) is 0 Å². The lowest BCUT2D eigenvalue weighted by atomic mass is 10.1. The number of thiophene rings is 1. The standard InChI is InChI=1S/C16H16N4OS/c1-2-6-17-14(3-1)21-10-12-4-7-20(9-12)16-15-13(5-8-22-15)18-11-19-16/h1-3,5-6,8,11-12H,4,7,9-10H2. The van der Waals surface area contributed by atoms with Gasteiger partial charge in [-0.3, -0.25) is 0 Å². The summed E-state index contributed by atoms with van der Waals surface area (Å²) in [5.74, 6) is 2.26. The second kappa shape index (κ2) is 5.88. The Balaban J connectivity index is 1.43. The van der Waals surface area contributed by atoms with E-state index in [-0.39, 0.29) is 0 Å². The van der Waals surface area contributed by atoms with Gasteiger partial charge >= 0.3 is 0 Å². The van der Waals surface area contributed by atoms with Crippen LogP contribution < -0.4 is 9.64 Å². The average Bonchev–Trinajstić information content (AvgIpc) is 3.22. The Kier molecular flexibility index (Phi) is 3.60. The van der Waals surface area contributed by atoms with Crippen molar-refractivity contribution < 1.29 is 4.74 Å². The van der Waals surface area contributed by atoms with Crippen LogP contribution in [0, 0.1) is 5.92 Å². The van der Waals surface area contributed by atoms with Crippen molar-refractivity contribution in [2.75, 3.05) is 24.6 Å². The van der Waals surface area contributed by atoms with Gasteiger partial charge in [-0.2, -0.15) is 0 Å². The van der Waals surface area contributed by atoms with Crippen LogP contribution in [0.25, 0.3) is 10.2 Å². The van der Waals surface area contributed by atoms with E-state index in [1.165, 1.54) is 4.70 Å². The van der Waals surface area contributed by atoms with Gasteiger partial charge in [-0.25, -0.2) is 15.0 Å². The van der Waals surface area contributed by atoms with Crippen molar-refractivity contribution in [2.24, 2.45) is 5.92 Å². The van der Waals surface area contributed by atoms with Crippen LogP contribution in [-0.2, 0) is 0 Å². The Labute approximate surface area is 132 Å². The van der Waals surface area contributed by atoms with E-state index in [1.54, 1.807) is 23.9 Å². The molecule has 1 unspecified atom stereocenters. The normalized spacial score (nSPS) is 18.0. The van der Waals surface area contributed by atoms with Crippen molar-refractivity contribution in [3.63, 3.8) is 0 Å². The van der Waals surface area contributed by atoms with Crippen molar-refractivity contribution in [2.45, 2.75) is 6.42 Å². The maximum absolute atomic E-state index is 5.78. The number of anilines is 1. The summed E-state index contributed by atoms with van der Waals surface area (Å²) in [5.41, 5.74) is 1.03. The van der Waals surface area contributed by atoms with Crippen molar-refractivity contribution in [3.8, 4) is 5.88 Å². The lowest BCUT2D eigenvalue weighted by molar-refractivity contribution is 0.252. The van der Waals surface area contributed by atoms with Gasteiger partial charge in [0.2, 0.25) is 5.88 Å². The lowest BCUT2D eigenvalue weighted by Gasteiger charge is -2.18. The highest BCUT2D eigenvalue weighted by Gasteiger charge is 2.25. The molecule has 4 rings (SSSR count). The zero-order valence-corrected chi connectivity index (χ0v) is 12.9. The number of fused-ring (bicyclic) bond motifs is 1. The minimum absolute atomic E-state index is 0.506. The quantitative estimate of drug-likeness (QED) is 0.741. The Morgan fingerprint density at radius 2 is 2.23 bits per heavy atom. The monoisotopic (exact) mass is 312 g/mol.